The molecule has 1 heterocycles. The molecule has 0 fully saturated rings. The highest BCUT2D eigenvalue weighted by Crippen LogP contribution is 2.28. The highest BCUT2D eigenvalue weighted by atomic mass is 16.4. The topological polar surface area (TPSA) is 96.6 Å². The van der Waals surface area contributed by atoms with Crippen LogP contribution in [-0.2, 0) is 11.2 Å². The van der Waals surface area contributed by atoms with Crippen molar-refractivity contribution in [3.8, 4) is 11.3 Å². The van der Waals surface area contributed by atoms with Gasteiger partial charge in [0.05, 0.1) is 10.9 Å². The van der Waals surface area contributed by atoms with Crippen molar-refractivity contribution in [1.82, 2.24) is 0 Å². The Morgan fingerprint density at radius 1 is 1.11 bits per heavy atom. The molecule has 1 aromatic heterocycles. The van der Waals surface area contributed by atoms with Crippen LogP contribution in [0.4, 0.5) is 5.69 Å². The molecule has 3 rings (SSSR count). The molecular formula is C21H19NO5. The van der Waals surface area contributed by atoms with Crippen molar-refractivity contribution in [3.05, 3.63) is 63.8 Å². The van der Waals surface area contributed by atoms with Crippen LogP contribution in [0, 0.1) is 0 Å². The van der Waals surface area contributed by atoms with Crippen molar-refractivity contribution < 1.29 is 19.1 Å². The molecule has 0 saturated carbocycles. The summed E-state index contributed by atoms with van der Waals surface area (Å²) in [5.41, 5.74) is 2.13. The van der Waals surface area contributed by atoms with Crippen molar-refractivity contribution in [2.24, 2.45) is 0 Å². The van der Waals surface area contributed by atoms with E-state index in [1.54, 1.807) is 30.3 Å². The fourth-order valence-corrected chi connectivity index (χ4v) is 2.99. The van der Waals surface area contributed by atoms with Gasteiger partial charge in [-0.2, -0.15) is 0 Å². The first-order valence-electron chi connectivity index (χ1n) is 8.61. The van der Waals surface area contributed by atoms with Crippen LogP contribution < -0.4 is 10.7 Å². The van der Waals surface area contributed by atoms with Crippen LogP contribution in [0.5, 0.6) is 0 Å². The highest BCUT2D eigenvalue weighted by molar-refractivity contribution is 5.92. The lowest BCUT2D eigenvalue weighted by Gasteiger charge is -2.11. The molecule has 138 valence electrons. The van der Waals surface area contributed by atoms with Gasteiger partial charge in [-0.25, -0.2) is 4.79 Å². The zero-order chi connectivity index (χ0) is 19.6. The molecule has 0 aliphatic rings. The van der Waals surface area contributed by atoms with Crippen LogP contribution in [0.15, 0.2) is 51.7 Å². The van der Waals surface area contributed by atoms with E-state index in [1.807, 2.05) is 6.92 Å². The number of aromatic carboxylic acids is 1. The molecule has 27 heavy (non-hydrogen) atoms. The third-order valence-electron chi connectivity index (χ3n) is 4.20. The van der Waals surface area contributed by atoms with Crippen LogP contribution in [0.3, 0.4) is 0 Å². The van der Waals surface area contributed by atoms with E-state index in [9.17, 15) is 14.4 Å². The standard InChI is InChI=1S/C21H19NO5/c1-3-4-17-19(24)16-10-9-15(22-12(2)23)11-18(16)27-20(17)13-5-7-14(8-6-13)21(25)26/h5-11H,3-4H2,1-2H3,(H,22,23)(H,25,26). The van der Waals surface area contributed by atoms with Gasteiger partial charge in [0.15, 0.2) is 5.43 Å². The Morgan fingerprint density at radius 2 is 1.81 bits per heavy atom. The number of benzene rings is 2. The molecule has 6 heteroatoms. The second kappa shape index (κ2) is 7.45. The number of carbonyl (C=O) groups excluding carboxylic acids is 1. The smallest absolute Gasteiger partial charge is 0.335 e. The zero-order valence-corrected chi connectivity index (χ0v) is 15.0. The summed E-state index contributed by atoms with van der Waals surface area (Å²) >= 11 is 0. The van der Waals surface area contributed by atoms with Crippen LogP contribution in [-0.4, -0.2) is 17.0 Å². The third-order valence-corrected chi connectivity index (χ3v) is 4.20. The summed E-state index contributed by atoms with van der Waals surface area (Å²) in [6.07, 6.45) is 1.31. The van der Waals surface area contributed by atoms with Gasteiger partial charge in [-0.3, -0.25) is 9.59 Å². The summed E-state index contributed by atoms with van der Waals surface area (Å²) in [5.74, 6) is -0.815. The minimum absolute atomic E-state index is 0.121. The maximum atomic E-state index is 13.0. The molecule has 0 aliphatic carbocycles. The van der Waals surface area contributed by atoms with Crippen molar-refractivity contribution in [1.29, 1.82) is 0 Å². The predicted molar refractivity (Wildman–Crippen MR) is 103 cm³/mol. The number of hydrogen-bond acceptors (Lipinski definition) is 4. The third kappa shape index (κ3) is 3.74. The van der Waals surface area contributed by atoms with Crippen LogP contribution in [0.2, 0.25) is 0 Å². The lowest BCUT2D eigenvalue weighted by atomic mass is 10.00. The molecule has 3 aromatic rings. The molecule has 0 bridgehead atoms. The molecule has 0 aliphatic heterocycles. The summed E-state index contributed by atoms with van der Waals surface area (Å²) in [5, 5.41) is 12.2. The summed E-state index contributed by atoms with van der Waals surface area (Å²) in [4.78, 5) is 35.3. The Labute approximate surface area is 155 Å². The van der Waals surface area contributed by atoms with Gasteiger partial charge >= 0.3 is 5.97 Å². The van der Waals surface area contributed by atoms with Gasteiger partial charge in [-0.1, -0.05) is 25.5 Å². The van der Waals surface area contributed by atoms with E-state index in [-0.39, 0.29) is 16.9 Å². The Balaban J connectivity index is 2.21. The summed E-state index contributed by atoms with van der Waals surface area (Å²) in [6.45, 7) is 3.38. The second-order valence-electron chi connectivity index (χ2n) is 6.26. The van der Waals surface area contributed by atoms with E-state index < -0.39 is 5.97 Å². The van der Waals surface area contributed by atoms with Gasteiger partial charge in [-0.05, 0) is 30.7 Å². The first-order valence-corrected chi connectivity index (χ1v) is 8.61. The number of anilines is 1. The SMILES string of the molecule is CCCc1c(-c2ccc(C(=O)O)cc2)oc2cc(NC(C)=O)ccc2c1=O. The molecule has 6 nitrogen and oxygen atoms in total. The van der Waals surface area contributed by atoms with Gasteiger partial charge in [-0.15, -0.1) is 0 Å². The average Bonchev–Trinajstić information content (AvgIpc) is 2.63. The quantitative estimate of drug-likeness (QED) is 0.710. The molecule has 0 radical (unpaired) electrons. The number of fused-ring (bicyclic) bond motifs is 1. The maximum Gasteiger partial charge on any atom is 0.335 e. The zero-order valence-electron chi connectivity index (χ0n) is 15.0. The van der Waals surface area contributed by atoms with E-state index in [4.69, 9.17) is 9.52 Å². The largest absolute Gasteiger partial charge is 0.478 e. The molecule has 0 spiro atoms. The van der Waals surface area contributed by atoms with Crippen LogP contribution in [0.1, 0.15) is 36.2 Å². The average molecular weight is 365 g/mol. The molecular weight excluding hydrogens is 346 g/mol. The monoisotopic (exact) mass is 365 g/mol. The Bertz CT molecular complexity index is 1080. The fourth-order valence-electron chi connectivity index (χ4n) is 2.99. The number of carboxylic acids is 1. The van der Waals surface area contributed by atoms with E-state index in [1.165, 1.54) is 19.1 Å². The second-order valence-corrected chi connectivity index (χ2v) is 6.26. The first kappa shape index (κ1) is 18.4. The Kier molecular flexibility index (Phi) is 5.07. The van der Waals surface area contributed by atoms with Gasteiger partial charge in [0.25, 0.3) is 0 Å². The number of nitrogens with one attached hydrogen (secondary N) is 1. The van der Waals surface area contributed by atoms with Crippen molar-refractivity contribution >= 4 is 28.5 Å². The number of carboxylic acid groups (broad SMARTS) is 1. The molecule has 0 saturated heterocycles. The van der Waals surface area contributed by atoms with Crippen molar-refractivity contribution in [3.63, 3.8) is 0 Å². The number of amides is 1. The lowest BCUT2D eigenvalue weighted by Crippen LogP contribution is -2.12. The first-order chi connectivity index (χ1) is 12.9. The summed E-state index contributed by atoms with van der Waals surface area (Å²) < 4.78 is 6.04. The van der Waals surface area contributed by atoms with Crippen LogP contribution in [0.25, 0.3) is 22.3 Å². The minimum atomic E-state index is -1.02. The maximum absolute atomic E-state index is 13.0. The van der Waals surface area contributed by atoms with Crippen molar-refractivity contribution in [2.45, 2.75) is 26.7 Å². The van der Waals surface area contributed by atoms with Crippen LogP contribution >= 0.6 is 0 Å². The van der Waals surface area contributed by atoms with Gasteiger partial charge in [0.1, 0.15) is 11.3 Å². The van der Waals surface area contributed by atoms with Crippen molar-refractivity contribution in [2.75, 3.05) is 5.32 Å². The molecule has 0 unspecified atom stereocenters. The van der Waals surface area contributed by atoms with E-state index in [0.29, 0.717) is 40.0 Å². The Hall–Kier alpha value is -3.41. The lowest BCUT2D eigenvalue weighted by molar-refractivity contribution is -0.114. The number of carbonyl (C=O) groups is 2. The van der Waals surface area contributed by atoms with E-state index in [0.717, 1.165) is 6.42 Å². The Morgan fingerprint density at radius 3 is 2.41 bits per heavy atom. The summed E-state index contributed by atoms with van der Waals surface area (Å²) in [6, 6.07) is 11.1. The van der Waals surface area contributed by atoms with E-state index in [2.05, 4.69) is 5.32 Å². The van der Waals surface area contributed by atoms with Gasteiger partial charge in [0.2, 0.25) is 5.91 Å². The molecule has 0 atom stereocenters. The van der Waals surface area contributed by atoms with Gasteiger partial charge in [0, 0.05) is 29.8 Å². The molecule has 2 aromatic carbocycles. The number of hydrogen-bond donors (Lipinski definition) is 2. The van der Waals surface area contributed by atoms with E-state index >= 15 is 0 Å². The normalized spacial score (nSPS) is 10.7. The highest BCUT2D eigenvalue weighted by Gasteiger charge is 2.16. The fraction of sp³-hybridized carbons (Fsp3) is 0.190. The van der Waals surface area contributed by atoms with Gasteiger partial charge < -0.3 is 14.8 Å². The minimum Gasteiger partial charge on any atom is -0.478 e. The predicted octanol–water partition coefficient (Wildman–Crippen LogP) is 4.07. The molecule has 1 amide bonds. The summed E-state index contributed by atoms with van der Waals surface area (Å²) in [7, 11) is 0. The number of rotatable bonds is 5. The molecule has 2 N–H and O–H groups in total.